The van der Waals surface area contributed by atoms with Gasteiger partial charge in [-0.1, -0.05) is 0 Å². The van der Waals surface area contributed by atoms with Crippen LogP contribution in [0.3, 0.4) is 0 Å². The van der Waals surface area contributed by atoms with Crippen molar-refractivity contribution < 1.29 is 14.6 Å². The van der Waals surface area contributed by atoms with E-state index >= 15 is 0 Å². The molecule has 0 saturated heterocycles. The number of benzene rings is 1. The molecular weight excluding hydrogens is 314 g/mol. The maximum absolute atomic E-state index is 10.3. The van der Waals surface area contributed by atoms with Crippen LogP contribution in [0.25, 0.3) is 11.1 Å². The number of halogens is 1. The number of anilines is 1. The minimum Gasteiger partial charge on any atom is -0.506 e. The summed E-state index contributed by atoms with van der Waals surface area (Å²) in [7, 11) is 1.74. The number of phenols is 1. The van der Waals surface area contributed by atoms with Crippen LogP contribution >= 0.6 is 15.9 Å². The molecule has 0 bridgehead atoms. The van der Waals surface area contributed by atoms with Crippen molar-refractivity contribution in [3.63, 3.8) is 0 Å². The highest BCUT2D eigenvalue weighted by Gasteiger charge is 2.23. The molecule has 0 radical (unpaired) electrons. The van der Waals surface area contributed by atoms with Gasteiger partial charge < -0.3 is 20.3 Å². The zero-order valence-electron chi connectivity index (χ0n) is 10.2. The lowest BCUT2D eigenvalue weighted by Gasteiger charge is -2.21. The number of phenolic OH excluding ortho intramolecular Hbond substituents is 1. The number of fused-ring (bicyclic) bond motifs is 1. The van der Waals surface area contributed by atoms with Crippen molar-refractivity contribution in [2.24, 2.45) is 7.05 Å². The molecule has 0 aliphatic carbocycles. The molecule has 1 aliphatic heterocycles. The molecule has 6 nitrogen and oxygen atoms in total. The van der Waals surface area contributed by atoms with Crippen molar-refractivity contribution in [3.8, 4) is 28.4 Å². The molecule has 0 fully saturated rings. The summed E-state index contributed by atoms with van der Waals surface area (Å²) in [5.41, 5.74) is 7.14. The van der Waals surface area contributed by atoms with Crippen molar-refractivity contribution in [3.05, 3.63) is 16.7 Å². The number of ether oxygens (including phenoxy) is 2. The molecule has 0 saturated carbocycles. The molecule has 7 heteroatoms. The summed E-state index contributed by atoms with van der Waals surface area (Å²) in [6.07, 6.45) is 1.60. The van der Waals surface area contributed by atoms with Crippen LogP contribution in [0.4, 0.5) is 5.82 Å². The van der Waals surface area contributed by atoms with E-state index in [1.54, 1.807) is 24.0 Å². The van der Waals surface area contributed by atoms with Crippen molar-refractivity contribution in [1.82, 2.24) is 9.78 Å². The average Bonchev–Trinajstić information content (AvgIpc) is 2.75. The van der Waals surface area contributed by atoms with Gasteiger partial charge in [-0.2, -0.15) is 5.10 Å². The third-order valence-electron chi connectivity index (χ3n) is 3.02. The van der Waals surface area contributed by atoms with Crippen LogP contribution in [0.5, 0.6) is 17.2 Å². The Bertz CT molecular complexity index is 654. The van der Waals surface area contributed by atoms with Crippen molar-refractivity contribution in [2.45, 2.75) is 0 Å². The van der Waals surface area contributed by atoms with Gasteiger partial charge in [0.25, 0.3) is 0 Å². The fourth-order valence-corrected chi connectivity index (χ4v) is 2.52. The molecule has 0 atom stereocenters. The number of hydrogen-bond acceptors (Lipinski definition) is 5. The summed E-state index contributed by atoms with van der Waals surface area (Å²) in [5, 5.41) is 14.3. The molecule has 2 aromatic rings. The highest BCUT2D eigenvalue weighted by Crippen LogP contribution is 2.49. The fraction of sp³-hybridized carbons (Fsp3) is 0.250. The summed E-state index contributed by atoms with van der Waals surface area (Å²) in [6.45, 7) is 0.936. The van der Waals surface area contributed by atoms with E-state index in [-0.39, 0.29) is 5.75 Å². The van der Waals surface area contributed by atoms with E-state index in [2.05, 4.69) is 21.0 Å². The van der Waals surface area contributed by atoms with Gasteiger partial charge in [0.05, 0.1) is 6.20 Å². The first-order valence-electron chi connectivity index (χ1n) is 5.68. The van der Waals surface area contributed by atoms with E-state index < -0.39 is 0 Å². The zero-order valence-corrected chi connectivity index (χ0v) is 11.8. The lowest BCUT2D eigenvalue weighted by molar-refractivity contribution is 0.169. The summed E-state index contributed by atoms with van der Waals surface area (Å²) >= 11 is 3.32. The standard InChI is InChI=1S/C12H12BrN3O3/c1-16-12(14)7(5-15-16)6-4-8-11(9(13)10(6)17)19-3-2-18-8/h4-5,17H,2-3,14H2,1H3. The van der Waals surface area contributed by atoms with Gasteiger partial charge in [0.1, 0.15) is 29.3 Å². The van der Waals surface area contributed by atoms with Crippen LogP contribution < -0.4 is 15.2 Å². The molecule has 1 aromatic carbocycles. The first-order chi connectivity index (χ1) is 9.09. The summed E-state index contributed by atoms with van der Waals surface area (Å²) < 4.78 is 13.0. The molecule has 100 valence electrons. The second-order valence-electron chi connectivity index (χ2n) is 4.18. The smallest absolute Gasteiger partial charge is 0.179 e. The molecule has 1 aromatic heterocycles. The maximum atomic E-state index is 10.3. The van der Waals surface area contributed by atoms with E-state index in [4.69, 9.17) is 15.2 Å². The van der Waals surface area contributed by atoms with Gasteiger partial charge in [0.2, 0.25) is 0 Å². The highest BCUT2D eigenvalue weighted by molar-refractivity contribution is 9.10. The molecule has 19 heavy (non-hydrogen) atoms. The molecule has 3 rings (SSSR count). The number of hydrogen-bond donors (Lipinski definition) is 2. The first-order valence-corrected chi connectivity index (χ1v) is 6.47. The number of aryl methyl sites for hydroxylation is 1. The van der Waals surface area contributed by atoms with Gasteiger partial charge >= 0.3 is 0 Å². The SMILES string of the molecule is Cn1ncc(-c2cc3c(c(Br)c2O)OCCO3)c1N. The van der Waals surface area contributed by atoms with Crippen LogP contribution in [-0.4, -0.2) is 28.1 Å². The molecular formula is C12H12BrN3O3. The molecule has 0 amide bonds. The highest BCUT2D eigenvalue weighted by atomic mass is 79.9. The molecule has 3 N–H and O–H groups in total. The van der Waals surface area contributed by atoms with E-state index in [9.17, 15) is 5.11 Å². The first kappa shape index (κ1) is 12.2. The Balaban J connectivity index is 2.22. The Labute approximate surface area is 117 Å². The van der Waals surface area contributed by atoms with Gasteiger partial charge in [-0.15, -0.1) is 0 Å². The van der Waals surface area contributed by atoms with Crippen LogP contribution in [0, 0.1) is 0 Å². The Morgan fingerprint density at radius 1 is 1.37 bits per heavy atom. The van der Waals surface area contributed by atoms with E-state index in [0.29, 0.717) is 46.1 Å². The monoisotopic (exact) mass is 325 g/mol. The van der Waals surface area contributed by atoms with Gasteiger partial charge in [-0.3, -0.25) is 4.68 Å². The summed E-state index contributed by atoms with van der Waals surface area (Å²) in [5.74, 6) is 1.62. The number of aromatic nitrogens is 2. The van der Waals surface area contributed by atoms with Gasteiger partial charge in [0, 0.05) is 18.2 Å². The molecule has 2 heterocycles. The van der Waals surface area contributed by atoms with Crippen LogP contribution in [0.2, 0.25) is 0 Å². The predicted molar refractivity (Wildman–Crippen MR) is 73.4 cm³/mol. The number of nitrogens with zero attached hydrogens (tertiary/aromatic N) is 2. The second kappa shape index (κ2) is 4.34. The Kier molecular flexibility index (Phi) is 2.78. The van der Waals surface area contributed by atoms with Gasteiger partial charge in [0.15, 0.2) is 11.5 Å². The van der Waals surface area contributed by atoms with Crippen molar-refractivity contribution in [1.29, 1.82) is 0 Å². The van der Waals surface area contributed by atoms with Crippen molar-refractivity contribution >= 4 is 21.7 Å². The third kappa shape index (κ3) is 1.81. The average molecular weight is 326 g/mol. The lowest BCUT2D eigenvalue weighted by Crippen LogP contribution is -2.15. The molecule has 0 unspecified atom stereocenters. The minimum atomic E-state index is 0.0592. The number of aromatic hydroxyl groups is 1. The largest absolute Gasteiger partial charge is 0.506 e. The fourth-order valence-electron chi connectivity index (χ4n) is 2.00. The predicted octanol–water partition coefficient (Wildman–Crippen LogP) is 1.91. The van der Waals surface area contributed by atoms with Crippen LogP contribution in [-0.2, 0) is 7.05 Å². The summed E-state index contributed by atoms with van der Waals surface area (Å²) in [4.78, 5) is 0. The number of nitrogen functional groups attached to an aromatic ring is 1. The van der Waals surface area contributed by atoms with E-state index in [1.807, 2.05) is 0 Å². The summed E-state index contributed by atoms with van der Waals surface area (Å²) in [6, 6.07) is 1.71. The van der Waals surface area contributed by atoms with E-state index in [0.717, 1.165) is 0 Å². The Morgan fingerprint density at radius 2 is 2.11 bits per heavy atom. The molecule has 1 aliphatic rings. The van der Waals surface area contributed by atoms with Crippen molar-refractivity contribution in [2.75, 3.05) is 18.9 Å². The Morgan fingerprint density at radius 3 is 2.79 bits per heavy atom. The maximum Gasteiger partial charge on any atom is 0.179 e. The number of nitrogens with two attached hydrogens (primary N) is 1. The van der Waals surface area contributed by atoms with Gasteiger partial charge in [-0.05, 0) is 22.0 Å². The van der Waals surface area contributed by atoms with Gasteiger partial charge in [-0.25, -0.2) is 0 Å². The van der Waals surface area contributed by atoms with Crippen LogP contribution in [0.1, 0.15) is 0 Å². The Hall–Kier alpha value is -1.89. The van der Waals surface area contributed by atoms with Crippen LogP contribution in [0.15, 0.2) is 16.7 Å². The zero-order chi connectivity index (χ0) is 13.6. The topological polar surface area (TPSA) is 82.5 Å². The van der Waals surface area contributed by atoms with E-state index in [1.165, 1.54) is 0 Å². The quantitative estimate of drug-likeness (QED) is 0.836. The number of rotatable bonds is 1. The second-order valence-corrected chi connectivity index (χ2v) is 4.97. The molecule has 0 spiro atoms. The third-order valence-corrected chi connectivity index (χ3v) is 3.76. The normalized spacial score (nSPS) is 13.6. The lowest BCUT2D eigenvalue weighted by atomic mass is 10.1. The minimum absolute atomic E-state index is 0.0592.